The molecule has 0 radical (unpaired) electrons. The molecule has 0 bridgehead atoms. The Kier molecular flexibility index (Phi) is 4.96. The zero-order chi connectivity index (χ0) is 17.2. The van der Waals surface area contributed by atoms with E-state index in [1.54, 1.807) is 18.2 Å². The molecule has 2 aliphatic rings. The molecule has 1 amide bonds. The average Bonchev–Trinajstić information content (AvgIpc) is 3.02. The van der Waals surface area contributed by atoms with Gasteiger partial charge in [-0.1, -0.05) is 6.92 Å². The highest BCUT2D eigenvalue weighted by Crippen LogP contribution is 2.32. The molecule has 0 spiro atoms. The standard InChI is InChI=1S/C16H22N2O5S/c1-12-3-2-7-18(10-12)24(20,21)8-6-17-16(19)13-4-5-14-15(9-13)23-11-22-14/h4-5,9,12H,2-3,6-8,10-11H2,1H3,(H,17,19)/t12-/m0/s1. The number of fused-ring (bicyclic) bond motifs is 1. The highest BCUT2D eigenvalue weighted by atomic mass is 32.2. The topological polar surface area (TPSA) is 84.9 Å². The van der Waals surface area contributed by atoms with Crippen molar-refractivity contribution < 1.29 is 22.7 Å². The van der Waals surface area contributed by atoms with Crippen LogP contribution in [0.1, 0.15) is 30.1 Å². The van der Waals surface area contributed by atoms with Crippen LogP contribution in [0, 0.1) is 5.92 Å². The van der Waals surface area contributed by atoms with Gasteiger partial charge in [-0.15, -0.1) is 0 Å². The summed E-state index contributed by atoms with van der Waals surface area (Å²) >= 11 is 0. The number of sulfonamides is 1. The molecule has 1 aromatic carbocycles. The lowest BCUT2D eigenvalue weighted by Crippen LogP contribution is -2.42. The number of amides is 1. The molecular formula is C16H22N2O5S. The summed E-state index contributed by atoms with van der Waals surface area (Å²) in [5.41, 5.74) is 0.420. The minimum absolute atomic E-state index is 0.0838. The number of benzene rings is 1. The fourth-order valence-corrected chi connectivity index (χ4v) is 4.47. The molecule has 132 valence electrons. The van der Waals surface area contributed by atoms with Crippen LogP contribution in [0.15, 0.2) is 18.2 Å². The summed E-state index contributed by atoms with van der Waals surface area (Å²) in [6.45, 7) is 3.43. The molecule has 2 heterocycles. The number of nitrogens with zero attached hydrogens (tertiary/aromatic N) is 1. The third-order valence-electron chi connectivity index (χ3n) is 4.29. The summed E-state index contributed by atoms with van der Waals surface area (Å²) in [6, 6.07) is 4.89. The Hall–Kier alpha value is -1.80. The summed E-state index contributed by atoms with van der Waals surface area (Å²) < 4.78 is 36.6. The van der Waals surface area contributed by atoms with E-state index in [-0.39, 0.29) is 25.0 Å². The van der Waals surface area contributed by atoms with Crippen LogP contribution in [-0.4, -0.2) is 50.8 Å². The second-order valence-electron chi connectivity index (χ2n) is 6.25. The Labute approximate surface area is 142 Å². The van der Waals surface area contributed by atoms with Crippen molar-refractivity contribution in [3.8, 4) is 11.5 Å². The third-order valence-corrected chi connectivity index (χ3v) is 6.13. The van der Waals surface area contributed by atoms with Crippen LogP contribution < -0.4 is 14.8 Å². The molecule has 0 saturated carbocycles. The van der Waals surface area contributed by atoms with Crippen LogP contribution in [0.5, 0.6) is 11.5 Å². The molecule has 1 saturated heterocycles. The van der Waals surface area contributed by atoms with Crippen LogP contribution in [0.25, 0.3) is 0 Å². The predicted molar refractivity (Wildman–Crippen MR) is 88.7 cm³/mol. The van der Waals surface area contributed by atoms with Crippen LogP contribution >= 0.6 is 0 Å². The summed E-state index contributed by atoms with van der Waals surface area (Å²) in [5, 5.41) is 2.66. The molecule has 0 aromatic heterocycles. The van der Waals surface area contributed by atoms with Crippen LogP contribution in [0.3, 0.4) is 0 Å². The maximum absolute atomic E-state index is 12.3. The van der Waals surface area contributed by atoms with Crippen molar-refractivity contribution in [2.24, 2.45) is 5.92 Å². The van der Waals surface area contributed by atoms with Gasteiger partial charge in [-0.3, -0.25) is 4.79 Å². The van der Waals surface area contributed by atoms with Gasteiger partial charge < -0.3 is 14.8 Å². The number of rotatable bonds is 5. The van der Waals surface area contributed by atoms with E-state index in [0.29, 0.717) is 36.1 Å². The monoisotopic (exact) mass is 354 g/mol. The Morgan fingerprint density at radius 1 is 1.33 bits per heavy atom. The highest BCUT2D eigenvalue weighted by molar-refractivity contribution is 7.89. The first kappa shape index (κ1) is 17.0. The van der Waals surface area contributed by atoms with Gasteiger partial charge in [0.1, 0.15) is 0 Å². The van der Waals surface area contributed by atoms with Gasteiger partial charge in [0.25, 0.3) is 5.91 Å². The quantitative estimate of drug-likeness (QED) is 0.859. The second-order valence-corrected chi connectivity index (χ2v) is 8.33. The average molecular weight is 354 g/mol. The first-order chi connectivity index (χ1) is 11.5. The van der Waals surface area contributed by atoms with Crippen LogP contribution in [-0.2, 0) is 10.0 Å². The minimum Gasteiger partial charge on any atom is -0.454 e. The third kappa shape index (κ3) is 3.81. The van der Waals surface area contributed by atoms with E-state index in [2.05, 4.69) is 12.2 Å². The smallest absolute Gasteiger partial charge is 0.251 e. The fraction of sp³-hybridized carbons (Fsp3) is 0.562. The highest BCUT2D eigenvalue weighted by Gasteiger charge is 2.26. The van der Waals surface area contributed by atoms with Crippen molar-refractivity contribution in [1.29, 1.82) is 0 Å². The van der Waals surface area contributed by atoms with Gasteiger partial charge in [0.15, 0.2) is 11.5 Å². The summed E-state index contributed by atoms with van der Waals surface area (Å²) in [5.74, 6) is 1.11. The molecule has 1 atom stereocenters. The SMILES string of the molecule is C[C@H]1CCCN(S(=O)(=O)CCNC(=O)c2ccc3c(c2)OCO3)C1. The minimum atomic E-state index is -3.33. The number of nitrogens with one attached hydrogen (secondary N) is 1. The van der Waals surface area contributed by atoms with Crippen molar-refractivity contribution in [3.05, 3.63) is 23.8 Å². The van der Waals surface area contributed by atoms with Gasteiger partial charge >= 0.3 is 0 Å². The lowest BCUT2D eigenvalue weighted by molar-refractivity contribution is 0.0955. The first-order valence-electron chi connectivity index (χ1n) is 8.11. The van der Waals surface area contributed by atoms with Gasteiger partial charge in [0.05, 0.1) is 5.75 Å². The Balaban J connectivity index is 1.53. The number of ether oxygens (including phenoxy) is 2. The van der Waals surface area contributed by atoms with Crippen molar-refractivity contribution >= 4 is 15.9 Å². The van der Waals surface area contributed by atoms with Crippen LogP contribution in [0.4, 0.5) is 0 Å². The molecule has 1 N–H and O–H groups in total. The molecule has 1 fully saturated rings. The molecular weight excluding hydrogens is 332 g/mol. The van der Waals surface area contributed by atoms with E-state index in [1.165, 1.54) is 4.31 Å². The molecule has 2 aliphatic heterocycles. The maximum Gasteiger partial charge on any atom is 0.251 e. The number of carbonyl (C=O) groups excluding carboxylic acids is 1. The van der Waals surface area contributed by atoms with E-state index >= 15 is 0 Å². The largest absolute Gasteiger partial charge is 0.454 e. The fourth-order valence-electron chi connectivity index (χ4n) is 2.96. The number of carbonyl (C=O) groups is 1. The van der Waals surface area contributed by atoms with Gasteiger partial charge in [-0.05, 0) is 37.0 Å². The van der Waals surface area contributed by atoms with E-state index in [4.69, 9.17) is 9.47 Å². The van der Waals surface area contributed by atoms with Gasteiger partial charge in [-0.2, -0.15) is 0 Å². The Morgan fingerprint density at radius 2 is 2.12 bits per heavy atom. The Bertz CT molecular complexity index is 719. The van der Waals surface area contributed by atoms with Crippen molar-refractivity contribution in [1.82, 2.24) is 9.62 Å². The van der Waals surface area contributed by atoms with E-state index in [0.717, 1.165) is 12.8 Å². The lowest BCUT2D eigenvalue weighted by atomic mass is 10.0. The number of piperidine rings is 1. The van der Waals surface area contributed by atoms with Gasteiger partial charge in [0.2, 0.25) is 16.8 Å². The van der Waals surface area contributed by atoms with E-state index in [1.807, 2.05) is 0 Å². The molecule has 3 rings (SSSR count). The van der Waals surface area contributed by atoms with E-state index in [9.17, 15) is 13.2 Å². The lowest BCUT2D eigenvalue weighted by Gasteiger charge is -2.30. The summed E-state index contributed by atoms with van der Waals surface area (Å²) in [7, 11) is -3.33. The zero-order valence-corrected chi connectivity index (χ0v) is 14.5. The van der Waals surface area contributed by atoms with Crippen molar-refractivity contribution in [2.45, 2.75) is 19.8 Å². The summed E-state index contributed by atoms with van der Waals surface area (Å²) in [4.78, 5) is 12.1. The van der Waals surface area contributed by atoms with Crippen molar-refractivity contribution in [3.63, 3.8) is 0 Å². The molecule has 0 unspecified atom stereocenters. The second kappa shape index (κ2) is 6.98. The molecule has 7 nitrogen and oxygen atoms in total. The zero-order valence-electron chi connectivity index (χ0n) is 13.7. The van der Waals surface area contributed by atoms with Gasteiger partial charge in [-0.25, -0.2) is 12.7 Å². The first-order valence-corrected chi connectivity index (χ1v) is 9.72. The molecule has 1 aromatic rings. The maximum atomic E-state index is 12.3. The molecule has 8 heteroatoms. The predicted octanol–water partition coefficient (Wildman–Crippen LogP) is 1.21. The number of hydrogen-bond donors (Lipinski definition) is 1. The Morgan fingerprint density at radius 3 is 2.92 bits per heavy atom. The van der Waals surface area contributed by atoms with Gasteiger partial charge in [0, 0.05) is 25.2 Å². The number of hydrogen-bond acceptors (Lipinski definition) is 5. The van der Waals surface area contributed by atoms with Crippen molar-refractivity contribution in [2.75, 3.05) is 32.2 Å². The normalized spacial score (nSPS) is 20.8. The van der Waals surface area contributed by atoms with Crippen LogP contribution in [0.2, 0.25) is 0 Å². The summed E-state index contributed by atoms with van der Waals surface area (Å²) in [6.07, 6.45) is 1.96. The molecule has 0 aliphatic carbocycles. The van der Waals surface area contributed by atoms with E-state index < -0.39 is 10.0 Å². The molecule has 24 heavy (non-hydrogen) atoms.